The zero-order valence-corrected chi connectivity index (χ0v) is 19.4. The molecule has 0 unspecified atom stereocenters. The normalized spacial score (nSPS) is 13.0. The van der Waals surface area contributed by atoms with Gasteiger partial charge in [0.2, 0.25) is 5.96 Å². The highest BCUT2D eigenvalue weighted by Crippen LogP contribution is 2.29. The SMILES string of the molecule is CN/N=C\c1cccc(NC2=NC(Nc3ccc(-c4cccnc4)cc3)=Nc3ccsc3C2)c1. The fourth-order valence-electron chi connectivity index (χ4n) is 3.56. The van der Waals surface area contributed by atoms with Crippen LogP contribution in [0.15, 0.2) is 99.6 Å². The van der Waals surface area contributed by atoms with E-state index in [1.165, 1.54) is 4.88 Å². The molecular weight excluding hydrogens is 442 g/mol. The summed E-state index contributed by atoms with van der Waals surface area (Å²) in [5.74, 6) is 1.36. The van der Waals surface area contributed by atoms with Gasteiger partial charge in [-0.05, 0) is 58.5 Å². The molecule has 0 saturated carbocycles. The van der Waals surface area contributed by atoms with E-state index >= 15 is 0 Å². The van der Waals surface area contributed by atoms with E-state index in [-0.39, 0.29) is 0 Å². The van der Waals surface area contributed by atoms with Gasteiger partial charge in [0.05, 0.1) is 11.9 Å². The third-order valence-electron chi connectivity index (χ3n) is 5.17. The Hall–Kier alpha value is -4.30. The van der Waals surface area contributed by atoms with Crippen molar-refractivity contribution in [2.24, 2.45) is 15.1 Å². The van der Waals surface area contributed by atoms with Crippen molar-refractivity contribution in [3.8, 4) is 11.1 Å². The van der Waals surface area contributed by atoms with E-state index < -0.39 is 0 Å². The van der Waals surface area contributed by atoms with Crippen LogP contribution in [0.4, 0.5) is 17.1 Å². The molecule has 3 N–H and O–H groups in total. The number of nitrogens with zero attached hydrogens (tertiary/aromatic N) is 4. The Kier molecular flexibility index (Phi) is 6.40. The molecule has 0 saturated heterocycles. The summed E-state index contributed by atoms with van der Waals surface area (Å²) in [6, 6.07) is 22.2. The number of amidine groups is 1. The van der Waals surface area contributed by atoms with Crippen molar-refractivity contribution in [2.45, 2.75) is 6.42 Å². The number of fused-ring (bicyclic) bond motifs is 1. The van der Waals surface area contributed by atoms with Crippen LogP contribution in [0.5, 0.6) is 0 Å². The fraction of sp³-hybridized carbons (Fsp3) is 0.0769. The van der Waals surface area contributed by atoms with Gasteiger partial charge < -0.3 is 16.1 Å². The van der Waals surface area contributed by atoms with Gasteiger partial charge in [0, 0.05) is 42.1 Å². The molecule has 0 radical (unpaired) electrons. The molecule has 8 heteroatoms. The van der Waals surface area contributed by atoms with Crippen LogP contribution in [-0.2, 0) is 6.42 Å². The van der Waals surface area contributed by atoms with Gasteiger partial charge in [0.25, 0.3) is 0 Å². The maximum atomic E-state index is 4.82. The molecule has 5 rings (SSSR count). The number of pyridine rings is 1. The first-order valence-electron chi connectivity index (χ1n) is 10.8. The Labute approximate surface area is 202 Å². The van der Waals surface area contributed by atoms with E-state index in [1.54, 1.807) is 30.8 Å². The second-order valence-electron chi connectivity index (χ2n) is 7.58. The summed E-state index contributed by atoms with van der Waals surface area (Å²) in [6.07, 6.45) is 6.09. The predicted octanol–water partition coefficient (Wildman–Crippen LogP) is 5.53. The quantitative estimate of drug-likeness (QED) is 0.267. The first kappa shape index (κ1) is 21.5. The van der Waals surface area contributed by atoms with Crippen molar-refractivity contribution in [1.82, 2.24) is 10.4 Å². The maximum Gasteiger partial charge on any atom is 0.229 e. The van der Waals surface area contributed by atoms with Gasteiger partial charge in [-0.3, -0.25) is 4.98 Å². The maximum absolute atomic E-state index is 4.82. The van der Waals surface area contributed by atoms with Gasteiger partial charge in [-0.15, -0.1) is 11.3 Å². The second-order valence-corrected chi connectivity index (χ2v) is 8.58. The number of aromatic nitrogens is 1. The van der Waals surface area contributed by atoms with Crippen molar-refractivity contribution >= 4 is 46.4 Å². The summed E-state index contributed by atoms with van der Waals surface area (Å²) in [6.45, 7) is 0. The Morgan fingerprint density at radius 1 is 0.912 bits per heavy atom. The number of hydrazone groups is 1. The highest BCUT2D eigenvalue weighted by molar-refractivity contribution is 7.10. The van der Waals surface area contributed by atoms with Gasteiger partial charge in [-0.1, -0.05) is 30.3 Å². The molecule has 1 aliphatic rings. The van der Waals surface area contributed by atoms with Gasteiger partial charge in [0.1, 0.15) is 5.84 Å². The number of hydrogen-bond donors (Lipinski definition) is 3. The average molecular weight is 466 g/mol. The van der Waals surface area contributed by atoms with E-state index in [0.717, 1.165) is 39.6 Å². The highest BCUT2D eigenvalue weighted by Gasteiger charge is 2.15. The van der Waals surface area contributed by atoms with Gasteiger partial charge in [-0.25, -0.2) is 4.99 Å². The van der Waals surface area contributed by atoms with E-state index in [0.29, 0.717) is 12.4 Å². The second kappa shape index (κ2) is 10.1. The number of anilines is 2. The van der Waals surface area contributed by atoms with Crippen LogP contribution >= 0.6 is 11.3 Å². The fourth-order valence-corrected chi connectivity index (χ4v) is 4.38. The van der Waals surface area contributed by atoms with E-state index in [9.17, 15) is 0 Å². The zero-order chi connectivity index (χ0) is 23.2. The third-order valence-corrected chi connectivity index (χ3v) is 6.08. The molecule has 34 heavy (non-hydrogen) atoms. The highest BCUT2D eigenvalue weighted by atomic mass is 32.1. The molecular formula is C26H23N7S. The molecule has 7 nitrogen and oxygen atoms in total. The van der Waals surface area contributed by atoms with E-state index in [4.69, 9.17) is 9.98 Å². The van der Waals surface area contributed by atoms with Crippen LogP contribution in [0.1, 0.15) is 10.4 Å². The monoisotopic (exact) mass is 465 g/mol. The summed E-state index contributed by atoms with van der Waals surface area (Å²) in [5, 5.41) is 13.0. The van der Waals surface area contributed by atoms with Gasteiger partial charge >= 0.3 is 0 Å². The van der Waals surface area contributed by atoms with Gasteiger partial charge in [-0.2, -0.15) is 10.1 Å². The molecule has 3 heterocycles. The predicted molar refractivity (Wildman–Crippen MR) is 143 cm³/mol. The lowest BCUT2D eigenvalue weighted by atomic mass is 10.1. The minimum absolute atomic E-state index is 0.543. The molecule has 168 valence electrons. The largest absolute Gasteiger partial charge is 0.343 e. The molecule has 0 atom stereocenters. The van der Waals surface area contributed by atoms with Crippen molar-refractivity contribution in [2.75, 3.05) is 17.7 Å². The van der Waals surface area contributed by atoms with Gasteiger partial charge in [0.15, 0.2) is 0 Å². The number of thiophene rings is 1. The number of aliphatic imine (C=N–C) groups is 2. The number of hydrogen-bond acceptors (Lipinski definition) is 8. The summed E-state index contributed by atoms with van der Waals surface area (Å²) in [5.41, 5.74) is 8.75. The number of nitrogens with one attached hydrogen (secondary N) is 3. The molecule has 1 aliphatic heterocycles. The summed E-state index contributed by atoms with van der Waals surface area (Å²) >= 11 is 1.68. The summed E-state index contributed by atoms with van der Waals surface area (Å²) < 4.78 is 0. The first-order valence-corrected chi connectivity index (χ1v) is 11.7. The summed E-state index contributed by atoms with van der Waals surface area (Å²) in [7, 11) is 1.78. The van der Waals surface area contributed by atoms with Crippen molar-refractivity contribution in [1.29, 1.82) is 0 Å². The van der Waals surface area contributed by atoms with E-state index in [2.05, 4.69) is 43.7 Å². The van der Waals surface area contributed by atoms with Crippen LogP contribution in [0.3, 0.4) is 0 Å². The van der Waals surface area contributed by atoms with Crippen LogP contribution in [0, 0.1) is 0 Å². The molecule has 0 amide bonds. The minimum atomic E-state index is 0.543. The number of guanidine groups is 1. The molecule has 0 bridgehead atoms. The lowest BCUT2D eigenvalue weighted by Gasteiger charge is -2.11. The average Bonchev–Trinajstić information content (AvgIpc) is 3.23. The molecule has 0 spiro atoms. The Morgan fingerprint density at radius 2 is 1.82 bits per heavy atom. The van der Waals surface area contributed by atoms with Crippen molar-refractivity contribution < 1.29 is 0 Å². The van der Waals surface area contributed by atoms with Crippen molar-refractivity contribution in [3.63, 3.8) is 0 Å². The molecule has 4 aromatic rings. The third kappa shape index (κ3) is 5.19. The topological polar surface area (TPSA) is 86.1 Å². The standard InChI is InChI=1S/C26H23N7S/c1-27-29-16-18-4-2-6-22(14-18)30-25-15-24-23(11-13-34-24)32-26(33-25)31-21-9-7-19(8-10-21)20-5-3-12-28-17-20/h2-14,16-17,27H,15H2,1H3,(H2,30,31,32,33)/b29-16-. The molecule has 0 aliphatic carbocycles. The van der Waals surface area contributed by atoms with Crippen LogP contribution in [-0.4, -0.2) is 30.0 Å². The zero-order valence-electron chi connectivity index (χ0n) is 18.6. The van der Waals surface area contributed by atoms with Crippen LogP contribution in [0.2, 0.25) is 0 Å². The lowest BCUT2D eigenvalue weighted by molar-refractivity contribution is 0.908. The number of benzene rings is 2. The van der Waals surface area contributed by atoms with Crippen LogP contribution < -0.4 is 16.1 Å². The van der Waals surface area contributed by atoms with Crippen molar-refractivity contribution in [3.05, 3.63) is 94.9 Å². The summed E-state index contributed by atoms with van der Waals surface area (Å²) in [4.78, 5) is 15.0. The molecule has 2 aromatic heterocycles. The molecule has 0 fully saturated rings. The lowest BCUT2D eigenvalue weighted by Crippen LogP contribution is -2.18. The Morgan fingerprint density at radius 3 is 2.65 bits per heavy atom. The van der Waals surface area contributed by atoms with E-state index in [1.807, 2.05) is 60.8 Å². The smallest absolute Gasteiger partial charge is 0.229 e. The molecule has 2 aromatic carbocycles. The Balaban J connectivity index is 1.38. The van der Waals surface area contributed by atoms with Crippen LogP contribution in [0.25, 0.3) is 11.1 Å². The Bertz CT molecular complexity index is 1360. The first-order chi connectivity index (χ1) is 16.8. The minimum Gasteiger partial charge on any atom is -0.343 e. The number of rotatable bonds is 5.